The molecule has 10 heteroatoms. The van der Waals surface area contributed by atoms with Crippen molar-refractivity contribution >= 4 is 18.2 Å². The van der Waals surface area contributed by atoms with Crippen molar-refractivity contribution in [2.24, 2.45) is 11.0 Å². The summed E-state index contributed by atoms with van der Waals surface area (Å²) in [6, 6.07) is -0.878. The van der Waals surface area contributed by atoms with E-state index in [0.717, 1.165) is 6.21 Å². The van der Waals surface area contributed by atoms with Gasteiger partial charge >= 0.3 is 11.8 Å². The summed E-state index contributed by atoms with van der Waals surface area (Å²) in [6.45, 7) is 10.2. The molecule has 0 spiro atoms. The molecule has 0 fully saturated rings. The quantitative estimate of drug-likeness (QED) is 0.439. The summed E-state index contributed by atoms with van der Waals surface area (Å²) in [7, 11) is 0. The summed E-state index contributed by atoms with van der Waals surface area (Å²) in [5.41, 5.74) is 0.728. The lowest BCUT2D eigenvalue weighted by atomic mass is 10.0. The highest BCUT2D eigenvalue weighted by molar-refractivity contribution is 5.87. The van der Waals surface area contributed by atoms with Crippen LogP contribution in [-0.2, 0) is 9.53 Å². The zero-order chi connectivity index (χ0) is 20.1. The Hall–Kier alpha value is -2.91. The molecule has 0 saturated heterocycles. The monoisotopic (exact) mass is 367 g/mol. The van der Waals surface area contributed by atoms with Crippen LogP contribution in [-0.4, -0.2) is 39.8 Å². The first-order valence-corrected chi connectivity index (χ1v) is 8.06. The van der Waals surface area contributed by atoms with Crippen molar-refractivity contribution in [2.75, 3.05) is 0 Å². The van der Waals surface area contributed by atoms with Gasteiger partial charge in [-0.15, -0.1) is 0 Å². The highest BCUT2D eigenvalue weighted by Crippen LogP contribution is 2.08. The number of carbonyl (C=O) groups excluding carboxylic acids is 2. The first kappa shape index (κ1) is 21.1. The molecule has 0 aliphatic heterocycles. The number of H-pyrrole nitrogens is 2. The van der Waals surface area contributed by atoms with Crippen LogP contribution in [0.1, 0.15) is 45.9 Å². The molecule has 0 radical (unpaired) electrons. The van der Waals surface area contributed by atoms with Crippen LogP contribution in [0.15, 0.2) is 14.7 Å². The smallest absolute Gasteiger partial charge is 0.408 e. The average molecular weight is 367 g/mol. The third-order valence-electron chi connectivity index (χ3n) is 3.17. The van der Waals surface area contributed by atoms with Crippen LogP contribution in [0.4, 0.5) is 4.79 Å². The van der Waals surface area contributed by atoms with E-state index in [1.807, 2.05) is 0 Å². The van der Waals surface area contributed by atoms with Gasteiger partial charge in [0.25, 0.3) is 11.5 Å². The number of hydrogen-bond acceptors (Lipinski definition) is 6. The molecule has 2 amide bonds. The molecule has 1 rings (SSSR count). The minimum absolute atomic E-state index is 0.103. The van der Waals surface area contributed by atoms with Crippen molar-refractivity contribution in [3.63, 3.8) is 0 Å². The van der Waals surface area contributed by atoms with Crippen molar-refractivity contribution in [3.8, 4) is 0 Å². The van der Waals surface area contributed by atoms with Gasteiger partial charge in [-0.3, -0.25) is 14.6 Å². The Bertz CT molecular complexity index is 800. The summed E-state index contributed by atoms with van der Waals surface area (Å²) in [4.78, 5) is 51.4. The van der Waals surface area contributed by atoms with Crippen molar-refractivity contribution in [2.45, 2.75) is 53.2 Å². The molecule has 1 aromatic rings. The Balaban J connectivity index is 2.81. The molecule has 26 heavy (non-hydrogen) atoms. The third kappa shape index (κ3) is 6.54. The van der Waals surface area contributed by atoms with E-state index in [0.29, 0.717) is 5.69 Å². The maximum atomic E-state index is 12.3. The second-order valence-corrected chi connectivity index (χ2v) is 7.05. The van der Waals surface area contributed by atoms with E-state index in [2.05, 4.69) is 25.8 Å². The van der Waals surface area contributed by atoms with E-state index in [9.17, 15) is 19.2 Å². The van der Waals surface area contributed by atoms with Crippen molar-refractivity contribution < 1.29 is 14.3 Å². The van der Waals surface area contributed by atoms with Gasteiger partial charge in [0.1, 0.15) is 11.6 Å². The highest BCUT2D eigenvalue weighted by Gasteiger charge is 2.26. The average Bonchev–Trinajstić information content (AvgIpc) is 2.45. The molecule has 1 heterocycles. The third-order valence-corrected chi connectivity index (χ3v) is 3.17. The molecule has 144 valence electrons. The molecule has 4 N–H and O–H groups in total. The van der Waals surface area contributed by atoms with Gasteiger partial charge in [-0.05, 0) is 33.6 Å². The van der Waals surface area contributed by atoms with Crippen LogP contribution >= 0.6 is 0 Å². The van der Waals surface area contributed by atoms with Crippen LogP contribution in [0.5, 0.6) is 0 Å². The number of aromatic nitrogens is 2. The fourth-order valence-electron chi connectivity index (χ4n) is 1.96. The number of nitrogens with one attached hydrogen (secondary N) is 4. The molecule has 0 aliphatic rings. The number of alkyl carbamates (subject to hydrolysis) is 1. The van der Waals surface area contributed by atoms with Crippen molar-refractivity contribution in [3.05, 3.63) is 32.1 Å². The Labute approximate surface area is 150 Å². The van der Waals surface area contributed by atoms with E-state index >= 15 is 0 Å². The van der Waals surface area contributed by atoms with Crippen molar-refractivity contribution in [1.29, 1.82) is 0 Å². The van der Waals surface area contributed by atoms with E-state index < -0.39 is 34.9 Å². The first-order valence-electron chi connectivity index (χ1n) is 8.06. The minimum atomic E-state index is -0.878. The Morgan fingerprint density at radius 1 is 1.19 bits per heavy atom. The van der Waals surface area contributed by atoms with Gasteiger partial charge < -0.3 is 15.0 Å². The first-order chi connectivity index (χ1) is 11.9. The number of aryl methyl sites for hydroxylation is 1. The summed E-state index contributed by atoms with van der Waals surface area (Å²) in [6.07, 6.45) is 0.399. The molecule has 0 aromatic carbocycles. The molecule has 1 atom stereocenters. The molecule has 1 aromatic heterocycles. The fraction of sp³-hybridized carbons (Fsp3) is 0.562. The zero-order valence-electron chi connectivity index (χ0n) is 15.7. The van der Waals surface area contributed by atoms with Gasteiger partial charge in [0.15, 0.2) is 0 Å². The number of ether oxygens (including phenoxy) is 1. The van der Waals surface area contributed by atoms with E-state index in [-0.39, 0.29) is 11.5 Å². The predicted octanol–water partition coefficient (Wildman–Crippen LogP) is 0.371. The SMILES string of the molecule is Cc1[nH]c(=O)[nH]c(=O)c1C=NNC(=O)[C@@H](NC(=O)OC(C)(C)C)C(C)C. The van der Waals surface area contributed by atoms with Gasteiger partial charge in [-0.2, -0.15) is 5.10 Å². The topological polar surface area (TPSA) is 146 Å². The highest BCUT2D eigenvalue weighted by atomic mass is 16.6. The maximum absolute atomic E-state index is 12.3. The van der Waals surface area contributed by atoms with Crippen LogP contribution in [0.2, 0.25) is 0 Å². The van der Waals surface area contributed by atoms with Gasteiger partial charge in [0.2, 0.25) is 0 Å². The summed E-state index contributed by atoms with van der Waals surface area (Å²) < 4.78 is 5.14. The number of nitrogens with zero attached hydrogens (tertiary/aromatic N) is 1. The number of amides is 2. The van der Waals surface area contributed by atoms with Gasteiger partial charge in [0, 0.05) is 5.69 Å². The molecule has 10 nitrogen and oxygen atoms in total. The molecule has 0 unspecified atom stereocenters. The number of hydrogen-bond donors (Lipinski definition) is 4. The summed E-state index contributed by atoms with van der Waals surface area (Å²) in [5.74, 6) is -0.795. The van der Waals surface area contributed by atoms with Gasteiger partial charge in [-0.25, -0.2) is 15.0 Å². The normalized spacial score (nSPS) is 12.9. The molecule has 0 saturated carbocycles. The molecule has 0 bridgehead atoms. The van der Waals surface area contributed by atoms with Gasteiger partial charge in [-0.1, -0.05) is 13.8 Å². The Morgan fingerprint density at radius 3 is 2.31 bits per heavy atom. The Morgan fingerprint density at radius 2 is 1.81 bits per heavy atom. The lowest BCUT2D eigenvalue weighted by Crippen LogP contribution is -2.49. The number of carbonyl (C=O) groups is 2. The minimum Gasteiger partial charge on any atom is -0.444 e. The van der Waals surface area contributed by atoms with E-state index in [1.54, 1.807) is 34.6 Å². The van der Waals surface area contributed by atoms with Gasteiger partial charge in [0.05, 0.1) is 11.8 Å². The maximum Gasteiger partial charge on any atom is 0.408 e. The number of aromatic amines is 2. The second-order valence-electron chi connectivity index (χ2n) is 7.05. The van der Waals surface area contributed by atoms with Crippen LogP contribution in [0.3, 0.4) is 0 Å². The lowest BCUT2D eigenvalue weighted by molar-refractivity contribution is -0.124. The second kappa shape index (κ2) is 8.45. The summed E-state index contributed by atoms with van der Waals surface area (Å²) >= 11 is 0. The van der Waals surface area contributed by atoms with Crippen LogP contribution < -0.4 is 22.0 Å². The van der Waals surface area contributed by atoms with Crippen molar-refractivity contribution in [1.82, 2.24) is 20.7 Å². The van der Waals surface area contributed by atoms with Crippen LogP contribution in [0, 0.1) is 12.8 Å². The number of rotatable bonds is 5. The molecular formula is C16H25N5O5. The number of hydrazone groups is 1. The largest absolute Gasteiger partial charge is 0.444 e. The van der Waals surface area contributed by atoms with E-state index in [1.165, 1.54) is 6.92 Å². The standard InChI is InChI=1S/C16H25N5O5/c1-8(2)11(19-15(25)26-16(4,5)6)13(23)21-17-7-10-9(3)18-14(24)20-12(10)22/h7-8,11H,1-6H3,(H,19,25)(H,21,23)(H2,18,20,22,24)/t11-/m0/s1. The molecule has 0 aliphatic carbocycles. The Kier molecular flexibility index (Phi) is 6.87. The predicted molar refractivity (Wildman–Crippen MR) is 96.2 cm³/mol. The summed E-state index contributed by atoms with van der Waals surface area (Å²) in [5, 5.41) is 6.21. The fourth-order valence-corrected chi connectivity index (χ4v) is 1.96. The molecular weight excluding hydrogens is 342 g/mol. The zero-order valence-corrected chi connectivity index (χ0v) is 15.7. The van der Waals surface area contributed by atoms with E-state index in [4.69, 9.17) is 4.74 Å². The lowest BCUT2D eigenvalue weighted by Gasteiger charge is -2.24. The van der Waals surface area contributed by atoms with Crippen LogP contribution in [0.25, 0.3) is 0 Å².